The zero-order valence-electron chi connectivity index (χ0n) is 18.1. The van der Waals surface area contributed by atoms with E-state index in [0.717, 1.165) is 33.8 Å². The van der Waals surface area contributed by atoms with Gasteiger partial charge in [-0.3, -0.25) is 9.59 Å². The van der Waals surface area contributed by atoms with Crippen LogP contribution in [0.4, 0.5) is 0 Å². The maximum atomic E-state index is 12.1. The van der Waals surface area contributed by atoms with Gasteiger partial charge in [0.1, 0.15) is 24.7 Å². The number of nitrogens with two attached hydrogens (primary N) is 2. The van der Waals surface area contributed by atoms with E-state index in [1.54, 1.807) is 12.2 Å². The lowest BCUT2D eigenvalue weighted by atomic mass is 10.1. The van der Waals surface area contributed by atoms with Gasteiger partial charge in [-0.05, 0) is 72.5 Å². The smallest absolute Gasteiger partial charge is 0.163 e. The van der Waals surface area contributed by atoms with Crippen LogP contribution in [0.3, 0.4) is 0 Å². The number of ether oxygens (including phenoxy) is 2. The fraction of sp³-hybridized carbons (Fsp3) is 0.280. The first-order chi connectivity index (χ1) is 14.9. The molecule has 2 rings (SSSR count). The van der Waals surface area contributed by atoms with Gasteiger partial charge in [-0.25, -0.2) is 0 Å². The van der Waals surface area contributed by atoms with Crippen LogP contribution in [0.15, 0.2) is 48.6 Å². The first kappa shape index (κ1) is 24.1. The minimum atomic E-state index is -0.252. The number of benzene rings is 2. The lowest BCUT2D eigenvalue weighted by molar-refractivity contribution is -0.121. The first-order valence-corrected chi connectivity index (χ1v) is 10.2. The highest BCUT2D eigenvalue weighted by Gasteiger charge is 2.05. The van der Waals surface area contributed by atoms with Crippen molar-refractivity contribution in [3.8, 4) is 11.5 Å². The van der Waals surface area contributed by atoms with Gasteiger partial charge in [0.25, 0.3) is 0 Å². The van der Waals surface area contributed by atoms with Crippen LogP contribution in [0.2, 0.25) is 0 Å². The Kier molecular flexibility index (Phi) is 9.68. The van der Waals surface area contributed by atoms with Crippen molar-refractivity contribution in [1.82, 2.24) is 0 Å². The van der Waals surface area contributed by atoms with Gasteiger partial charge < -0.3 is 20.9 Å². The van der Waals surface area contributed by atoms with Crippen LogP contribution < -0.4 is 20.9 Å². The quantitative estimate of drug-likeness (QED) is 0.402. The molecule has 0 aliphatic carbocycles. The number of carbonyl (C=O) groups excluding carboxylic acids is 2. The Balaban J connectivity index is 1.90. The molecule has 2 aromatic rings. The molecule has 0 fully saturated rings. The largest absolute Gasteiger partial charge is 0.492 e. The number of allylic oxidation sites excluding steroid dienone is 2. The summed E-state index contributed by atoms with van der Waals surface area (Å²) in [4.78, 5) is 24.2. The molecule has 0 aliphatic heterocycles. The van der Waals surface area contributed by atoms with Gasteiger partial charge in [0.2, 0.25) is 0 Å². The van der Waals surface area contributed by atoms with Gasteiger partial charge >= 0.3 is 0 Å². The third-order valence-corrected chi connectivity index (χ3v) is 4.42. The van der Waals surface area contributed by atoms with E-state index in [2.05, 4.69) is 0 Å². The maximum Gasteiger partial charge on any atom is 0.163 e. The molecule has 6 nitrogen and oxygen atoms in total. The molecule has 0 heterocycles. The third-order valence-electron chi connectivity index (χ3n) is 4.42. The molecule has 0 radical (unpaired) electrons. The molecule has 0 saturated carbocycles. The van der Waals surface area contributed by atoms with E-state index in [1.165, 1.54) is 12.2 Å². The summed E-state index contributed by atoms with van der Waals surface area (Å²) in [6.07, 6.45) is 6.06. The highest BCUT2D eigenvalue weighted by molar-refractivity contribution is 6.10. The molecule has 0 amide bonds. The summed E-state index contributed by atoms with van der Waals surface area (Å²) in [5.41, 5.74) is 14.5. The summed E-state index contributed by atoms with van der Waals surface area (Å²) < 4.78 is 11.1. The molecule has 6 heteroatoms. The topological polar surface area (TPSA) is 105 Å². The number of aryl methyl sites for hydroxylation is 2. The SMILES string of the molecule is Cc1cc(/C=C/C(=O)CC(=O)/C=C/c2ccc(OCCN)c(C)c2)ccc1OCCN. The van der Waals surface area contributed by atoms with Gasteiger partial charge in [-0.2, -0.15) is 0 Å². The zero-order chi connectivity index (χ0) is 22.6. The Morgan fingerprint density at radius 3 is 1.55 bits per heavy atom. The number of carbonyl (C=O) groups is 2. The van der Waals surface area contributed by atoms with E-state index in [9.17, 15) is 9.59 Å². The van der Waals surface area contributed by atoms with Gasteiger partial charge in [-0.15, -0.1) is 0 Å². The predicted octanol–water partition coefficient (Wildman–Crippen LogP) is 3.23. The highest BCUT2D eigenvalue weighted by atomic mass is 16.5. The molecule has 4 N–H and O–H groups in total. The van der Waals surface area contributed by atoms with Crippen molar-refractivity contribution in [3.05, 3.63) is 70.8 Å². The summed E-state index contributed by atoms with van der Waals surface area (Å²) >= 11 is 0. The van der Waals surface area contributed by atoms with E-state index < -0.39 is 0 Å². The van der Waals surface area contributed by atoms with Crippen molar-refractivity contribution in [2.45, 2.75) is 20.3 Å². The molecule has 0 spiro atoms. The molecule has 164 valence electrons. The van der Waals surface area contributed by atoms with Crippen LogP contribution in [0.25, 0.3) is 12.2 Å². The third kappa shape index (κ3) is 8.20. The summed E-state index contributed by atoms with van der Waals surface area (Å²) in [5.74, 6) is 1.03. The van der Waals surface area contributed by atoms with Crippen LogP contribution in [0, 0.1) is 13.8 Å². The molecule has 0 unspecified atom stereocenters. The maximum absolute atomic E-state index is 12.1. The fourth-order valence-corrected chi connectivity index (χ4v) is 2.88. The predicted molar refractivity (Wildman–Crippen MR) is 124 cm³/mol. The van der Waals surface area contributed by atoms with Crippen LogP contribution in [0.5, 0.6) is 11.5 Å². The Morgan fingerprint density at radius 2 is 1.19 bits per heavy atom. The van der Waals surface area contributed by atoms with Crippen LogP contribution >= 0.6 is 0 Å². The summed E-state index contributed by atoms with van der Waals surface area (Å²) in [6.45, 7) is 5.67. The Labute approximate surface area is 183 Å². The minimum Gasteiger partial charge on any atom is -0.492 e. The van der Waals surface area contributed by atoms with Crippen LogP contribution in [-0.4, -0.2) is 37.9 Å². The standard InChI is InChI=1S/C25H30N2O4/c1-18-15-20(5-9-24(18)30-13-11-26)3-7-22(28)17-23(29)8-4-21-6-10-25(19(2)16-21)31-14-12-27/h3-10,15-16H,11-14,17,26-27H2,1-2H3/b7-3+,8-4+. The first-order valence-electron chi connectivity index (χ1n) is 10.2. The van der Waals surface area contributed by atoms with Crippen molar-refractivity contribution in [2.75, 3.05) is 26.3 Å². The lowest BCUT2D eigenvalue weighted by Crippen LogP contribution is -2.11. The van der Waals surface area contributed by atoms with E-state index >= 15 is 0 Å². The Morgan fingerprint density at radius 1 is 0.774 bits per heavy atom. The number of ketones is 2. The minimum absolute atomic E-state index is 0.180. The molecular weight excluding hydrogens is 392 g/mol. The van der Waals surface area contributed by atoms with Gasteiger partial charge in [-0.1, -0.05) is 24.3 Å². The second-order valence-corrected chi connectivity index (χ2v) is 7.10. The van der Waals surface area contributed by atoms with E-state index in [1.807, 2.05) is 50.2 Å². The number of hydrogen-bond donors (Lipinski definition) is 2. The van der Waals surface area contributed by atoms with Gasteiger partial charge in [0.15, 0.2) is 11.6 Å². The van der Waals surface area contributed by atoms with E-state index in [4.69, 9.17) is 20.9 Å². The van der Waals surface area contributed by atoms with Crippen molar-refractivity contribution in [3.63, 3.8) is 0 Å². The summed E-state index contributed by atoms with van der Waals surface area (Å²) in [7, 11) is 0. The van der Waals surface area contributed by atoms with E-state index in [-0.39, 0.29) is 18.0 Å². The average Bonchev–Trinajstić information content (AvgIpc) is 2.75. The second-order valence-electron chi connectivity index (χ2n) is 7.10. The molecule has 0 bridgehead atoms. The molecule has 2 aromatic carbocycles. The van der Waals surface area contributed by atoms with Crippen molar-refractivity contribution >= 4 is 23.7 Å². The summed E-state index contributed by atoms with van der Waals surface area (Å²) in [6, 6.07) is 11.2. The Bertz CT molecular complexity index is 886. The molecule has 0 saturated heterocycles. The molecule has 0 aliphatic rings. The number of hydrogen-bond acceptors (Lipinski definition) is 6. The monoisotopic (exact) mass is 422 g/mol. The molecule has 0 aromatic heterocycles. The van der Waals surface area contributed by atoms with Gasteiger partial charge in [0.05, 0.1) is 6.42 Å². The fourth-order valence-electron chi connectivity index (χ4n) is 2.88. The highest BCUT2D eigenvalue weighted by Crippen LogP contribution is 2.21. The van der Waals surface area contributed by atoms with Crippen molar-refractivity contribution in [1.29, 1.82) is 0 Å². The van der Waals surface area contributed by atoms with Crippen LogP contribution in [-0.2, 0) is 9.59 Å². The zero-order valence-corrected chi connectivity index (χ0v) is 18.1. The normalized spacial score (nSPS) is 11.2. The number of rotatable bonds is 12. The van der Waals surface area contributed by atoms with E-state index in [0.29, 0.717) is 26.3 Å². The molecular formula is C25H30N2O4. The lowest BCUT2D eigenvalue weighted by Gasteiger charge is -2.08. The molecule has 0 atom stereocenters. The van der Waals surface area contributed by atoms with Gasteiger partial charge in [0, 0.05) is 13.1 Å². The average molecular weight is 423 g/mol. The van der Waals surface area contributed by atoms with Crippen LogP contribution in [0.1, 0.15) is 28.7 Å². The van der Waals surface area contributed by atoms with Crippen molar-refractivity contribution < 1.29 is 19.1 Å². The molecule has 31 heavy (non-hydrogen) atoms. The second kappa shape index (κ2) is 12.5. The summed E-state index contributed by atoms with van der Waals surface area (Å²) in [5, 5.41) is 0. The Hall–Kier alpha value is -3.22. The van der Waals surface area contributed by atoms with Crippen molar-refractivity contribution in [2.24, 2.45) is 11.5 Å².